The number of hydrogen-bond acceptors (Lipinski definition) is 3. The number of aliphatic imine (C=N–C) groups is 1. The van der Waals surface area contributed by atoms with E-state index in [0.29, 0.717) is 12.6 Å². The molecule has 1 N–H and O–H groups in total. The molecule has 2 aromatic rings. The highest BCUT2D eigenvalue weighted by Crippen LogP contribution is 2.04. The third-order valence-electron chi connectivity index (χ3n) is 4.23. The lowest BCUT2D eigenvalue weighted by Crippen LogP contribution is -2.43. The maximum Gasteiger partial charge on any atom is 0.194 e. The van der Waals surface area contributed by atoms with Crippen LogP contribution >= 0.6 is 0 Å². The van der Waals surface area contributed by atoms with Gasteiger partial charge in [-0.15, -0.1) is 10.2 Å². The smallest absolute Gasteiger partial charge is 0.194 e. The molecule has 1 aromatic carbocycles. The summed E-state index contributed by atoms with van der Waals surface area (Å²) in [5, 5.41) is 11.6. The van der Waals surface area contributed by atoms with Crippen LogP contribution in [0.25, 0.3) is 0 Å². The Morgan fingerprint density at radius 1 is 1.28 bits per heavy atom. The maximum absolute atomic E-state index is 4.81. The first kappa shape index (κ1) is 19.0. The predicted molar refractivity (Wildman–Crippen MR) is 102 cm³/mol. The van der Waals surface area contributed by atoms with Crippen LogP contribution in [0, 0.1) is 0 Å². The molecule has 1 heterocycles. The van der Waals surface area contributed by atoms with Gasteiger partial charge in [0.05, 0.1) is 6.54 Å². The zero-order valence-electron chi connectivity index (χ0n) is 15.8. The lowest BCUT2D eigenvalue weighted by atomic mass is 10.2. The van der Waals surface area contributed by atoms with Gasteiger partial charge in [0.2, 0.25) is 0 Å². The van der Waals surface area contributed by atoms with Crippen molar-refractivity contribution in [3.63, 3.8) is 0 Å². The molecule has 0 aliphatic rings. The second kappa shape index (κ2) is 9.81. The summed E-state index contributed by atoms with van der Waals surface area (Å²) in [5.41, 5.74) is 1.27. The predicted octanol–water partition coefficient (Wildman–Crippen LogP) is 2.72. The van der Waals surface area contributed by atoms with Gasteiger partial charge >= 0.3 is 0 Å². The van der Waals surface area contributed by atoms with Crippen LogP contribution in [-0.4, -0.2) is 45.3 Å². The van der Waals surface area contributed by atoms with Crippen molar-refractivity contribution in [3.8, 4) is 0 Å². The highest BCUT2D eigenvalue weighted by Gasteiger charge is 2.10. The van der Waals surface area contributed by atoms with Crippen molar-refractivity contribution in [2.45, 2.75) is 52.7 Å². The highest BCUT2D eigenvalue weighted by molar-refractivity contribution is 5.80. The zero-order valence-corrected chi connectivity index (χ0v) is 15.8. The summed E-state index contributed by atoms with van der Waals surface area (Å²) in [6.45, 7) is 8.77. The van der Waals surface area contributed by atoms with Crippen molar-refractivity contribution < 1.29 is 0 Å². The molecule has 0 aliphatic heterocycles. The summed E-state index contributed by atoms with van der Waals surface area (Å²) >= 11 is 0. The second-order valence-corrected chi connectivity index (χ2v) is 6.29. The minimum Gasteiger partial charge on any atom is -0.354 e. The van der Waals surface area contributed by atoms with Crippen LogP contribution in [0.1, 0.15) is 38.6 Å². The number of rotatable bonds is 8. The molecular weight excluding hydrogens is 312 g/mol. The quantitative estimate of drug-likeness (QED) is 0.592. The third kappa shape index (κ3) is 5.89. The number of aromatic nitrogens is 3. The van der Waals surface area contributed by atoms with E-state index in [1.165, 1.54) is 5.56 Å². The van der Waals surface area contributed by atoms with E-state index in [9.17, 15) is 0 Å². The van der Waals surface area contributed by atoms with Crippen LogP contribution < -0.4 is 5.32 Å². The van der Waals surface area contributed by atoms with Gasteiger partial charge in [-0.25, -0.2) is 0 Å². The van der Waals surface area contributed by atoms with Gasteiger partial charge in [0.1, 0.15) is 12.2 Å². The Balaban J connectivity index is 2.03. The first-order valence-corrected chi connectivity index (χ1v) is 9.06. The summed E-state index contributed by atoms with van der Waals surface area (Å²) in [4.78, 5) is 6.99. The van der Waals surface area contributed by atoms with E-state index in [2.05, 4.69) is 77.1 Å². The van der Waals surface area contributed by atoms with Crippen molar-refractivity contribution in [3.05, 3.63) is 48.0 Å². The number of aryl methyl sites for hydroxylation is 1. The van der Waals surface area contributed by atoms with E-state index in [4.69, 9.17) is 4.99 Å². The summed E-state index contributed by atoms with van der Waals surface area (Å²) in [6.07, 6.45) is 3.73. The monoisotopic (exact) mass is 342 g/mol. The van der Waals surface area contributed by atoms with E-state index in [1.54, 1.807) is 6.33 Å². The molecule has 1 aromatic heterocycles. The van der Waals surface area contributed by atoms with Crippen molar-refractivity contribution in [2.24, 2.45) is 4.99 Å². The van der Waals surface area contributed by atoms with Crippen molar-refractivity contribution in [1.82, 2.24) is 25.0 Å². The molecule has 6 nitrogen and oxygen atoms in total. The highest BCUT2D eigenvalue weighted by atomic mass is 15.3. The molecule has 0 saturated heterocycles. The number of hydrogen-bond donors (Lipinski definition) is 1. The van der Waals surface area contributed by atoms with Crippen LogP contribution in [0.5, 0.6) is 0 Å². The lowest BCUT2D eigenvalue weighted by Gasteiger charge is -2.25. The average Bonchev–Trinajstić information content (AvgIpc) is 3.09. The summed E-state index contributed by atoms with van der Waals surface area (Å²) in [7, 11) is 2.08. The molecule has 0 spiro atoms. The largest absolute Gasteiger partial charge is 0.354 e. The maximum atomic E-state index is 4.81. The van der Waals surface area contributed by atoms with Crippen molar-refractivity contribution in [2.75, 3.05) is 13.6 Å². The van der Waals surface area contributed by atoms with Gasteiger partial charge in [0.25, 0.3) is 0 Å². The molecule has 0 saturated carbocycles. The summed E-state index contributed by atoms with van der Waals surface area (Å²) in [6, 6.07) is 10.9. The van der Waals surface area contributed by atoms with Crippen molar-refractivity contribution in [1.29, 1.82) is 0 Å². The molecule has 0 amide bonds. The molecule has 0 fully saturated rings. The Morgan fingerprint density at radius 2 is 2.04 bits per heavy atom. The standard InChI is InChI=1S/C19H30N6/c1-5-16(3)22-19(24(4)14-17-10-8-7-9-11-17)20-12-13-25-15-21-23-18(25)6-2/h7-11,15-16H,5-6,12-14H2,1-4H3,(H,20,22). The van der Waals surface area contributed by atoms with E-state index in [1.807, 2.05) is 6.07 Å². The third-order valence-corrected chi connectivity index (χ3v) is 4.23. The normalized spacial score (nSPS) is 12.9. The van der Waals surface area contributed by atoms with Gasteiger partial charge in [-0.05, 0) is 18.9 Å². The van der Waals surface area contributed by atoms with Crippen LogP contribution in [0.4, 0.5) is 0 Å². The molecular formula is C19H30N6. The van der Waals surface area contributed by atoms with Crippen LogP contribution in [0.15, 0.2) is 41.7 Å². The molecule has 0 radical (unpaired) electrons. The molecule has 1 atom stereocenters. The molecule has 136 valence electrons. The number of guanidine groups is 1. The SMILES string of the molecule is CCc1nncn1CCN=C(NC(C)CC)N(C)Cc1ccccc1. The molecule has 1 unspecified atom stereocenters. The number of benzene rings is 1. The fraction of sp³-hybridized carbons (Fsp3) is 0.526. The fourth-order valence-corrected chi connectivity index (χ4v) is 2.53. The molecule has 6 heteroatoms. The topological polar surface area (TPSA) is 58.3 Å². The van der Waals surface area contributed by atoms with Gasteiger partial charge in [-0.2, -0.15) is 0 Å². The van der Waals surface area contributed by atoms with Gasteiger partial charge in [-0.3, -0.25) is 4.99 Å². The van der Waals surface area contributed by atoms with Gasteiger partial charge in [-0.1, -0.05) is 44.2 Å². The Labute approximate surface area is 151 Å². The summed E-state index contributed by atoms with van der Waals surface area (Å²) in [5.74, 6) is 1.94. The Morgan fingerprint density at radius 3 is 2.72 bits per heavy atom. The Bertz CT molecular complexity index is 649. The lowest BCUT2D eigenvalue weighted by molar-refractivity contribution is 0.458. The van der Waals surface area contributed by atoms with Crippen molar-refractivity contribution >= 4 is 5.96 Å². The first-order valence-electron chi connectivity index (χ1n) is 9.06. The second-order valence-electron chi connectivity index (χ2n) is 6.29. The zero-order chi connectivity index (χ0) is 18.1. The average molecular weight is 342 g/mol. The van der Waals surface area contributed by atoms with Gasteiger partial charge < -0.3 is 14.8 Å². The Hall–Kier alpha value is -2.37. The summed E-state index contributed by atoms with van der Waals surface area (Å²) < 4.78 is 2.07. The van der Waals surface area contributed by atoms with E-state index in [-0.39, 0.29) is 0 Å². The van der Waals surface area contributed by atoms with Gasteiger partial charge in [0, 0.05) is 32.6 Å². The fourth-order valence-electron chi connectivity index (χ4n) is 2.53. The van der Waals surface area contributed by atoms with Crippen LogP contribution in [0.2, 0.25) is 0 Å². The van der Waals surface area contributed by atoms with E-state index >= 15 is 0 Å². The molecule has 0 bridgehead atoms. The van der Waals surface area contributed by atoms with Gasteiger partial charge in [0.15, 0.2) is 5.96 Å². The van der Waals surface area contributed by atoms with Crippen LogP contribution in [-0.2, 0) is 19.5 Å². The van der Waals surface area contributed by atoms with E-state index in [0.717, 1.165) is 37.7 Å². The first-order chi connectivity index (χ1) is 12.1. The van der Waals surface area contributed by atoms with Crippen LogP contribution in [0.3, 0.4) is 0 Å². The molecule has 25 heavy (non-hydrogen) atoms. The number of nitrogens with one attached hydrogen (secondary N) is 1. The van der Waals surface area contributed by atoms with E-state index < -0.39 is 0 Å². The Kier molecular flexibility index (Phi) is 7.44. The number of nitrogens with zero attached hydrogens (tertiary/aromatic N) is 5. The minimum atomic E-state index is 0.387. The molecule has 0 aliphatic carbocycles. The molecule has 2 rings (SSSR count). The minimum absolute atomic E-state index is 0.387.